The molecule has 0 aliphatic heterocycles. The minimum atomic E-state index is -0.462. The van der Waals surface area contributed by atoms with Gasteiger partial charge in [-0.15, -0.1) is 0 Å². The number of carbonyl (C=O) groups excluding carboxylic acids is 1. The molecule has 0 atom stereocenters. The van der Waals surface area contributed by atoms with Crippen LogP contribution in [0.5, 0.6) is 5.75 Å². The number of nitrogens with zero attached hydrogens (tertiary/aromatic N) is 4. The highest BCUT2D eigenvalue weighted by Crippen LogP contribution is 2.32. The van der Waals surface area contributed by atoms with E-state index < -0.39 is 4.92 Å². The molecule has 2 heterocycles. The third-order valence-electron chi connectivity index (χ3n) is 4.22. The lowest BCUT2D eigenvalue weighted by Gasteiger charge is -2.14. The third-order valence-corrected chi connectivity index (χ3v) is 6.68. The van der Waals surface area contributed by atoms with Gasteiger partial charge in [-0.25, -0.2) is 4.98 Å². The number of hydrogen-bond donors (Lipinski definition) is 0. The van der Waals surface area contributed by atoms with Crippen molar-refractivity contribution in [3.63, 3.8) is 0 Å². The van der Waals surface area contributed by atoms with Crippen LogP contribution in [0.15, 0.2) is 64.2 Å². The molecule has 0 N–H and O–H groups in total. The lowest BCUT2D eigenvalue weighted by molar-refractivity contribution is -0.380. The van der Waals surface area contributed by atoms with Crippen LogP contribution in [-0.4, -0.2) is 28.6 Å². The van der Waals surface area contributed by atoms with Gasteiger partial charge >= 0.3 is 5.00 Å². The van der Waals surface area contributed by atoms with Gasteiger partial charge in [0.25, 0.3) is 5.91 Å². The number of carbonyl (C=O) groups is 1. The fraction of sp³-hybridized carbons (Fsp3) is 0.0952. The average Bonchev–Trinajstić information content (AvgIpc) is 3.41. The Labute approximate surface area is 199 Å². The van der Waals surface area contributed by atoms with Crippen LogP contribution >= 0.6 is 38.6 Å². The first-order chi connectivity index (χ1) is 15.4. The average molecular weight is 531 g/mol. The van der Waals surface area contributed by atoms with Crippen LogP contribution in [0.1, 0.15) is 22.2 Å². The van der Waals surface area contributed by atoms with Gasteiger partial charge in [-0.1, -0.05) is 38.6 Å². The van der Waals surface area contributed by atoms with E-state index in [2.05, 4.69) is 26.0 Å². The number of nitro groups is 1. The molecule has 2 aromatic heterocycles. The van der Waals surface area contributed by atoms with Crippen molar-refractivity contribution >= 4 is 71.1 Å². The Morgan fingerprint density at radius 3 is 2.69 bits per heavy atom. The van der Waals surface area contributed by atoms with Crippen molar-refractivity contribution in [3.8, 4) is 5.75 Å². The number of benzene rings is 2. The van der Waals surface area contributed by atoms with E-state index in [4.69, 9.17) is 4.74 Å². The minimum Gasteiger partial charge on any atom is -0.494 e. The van der Waals surface area contributed by atoms with Gasteiger partial charge in [-0.2, -0.15) is 10.1 Å². The number of halogens is 1. The van der Waals surface area contributed by atoms with E-state index >= 15 is 0 Å². The number of aromatic nitrogens is 1. The summed E-state index contributed by atoms with van der Waals surface area (Å²) in [5.41, 5.74) is 1.14. The van der Waals surface area contributed by atoms with Crippen molar-refractivity contribution in [1.29, 1.82) is 0 Å². The predicted octanol–water partition coefficient (Wildman–Crippen LogP) is 6.11. The van der Waals surface area contributed by atoms with E-state index in [1.165, 1.54) is 28.6 Å². The first-order valence-electron chi connectivity index (χ1n) is 9.36. The highest BCUT2D eigenvalue weighted by molar-refractivity contribution is 9.10. The molecule has 8 nitrogen and oxygen atoms in total. The van der Waals surface area contributed by atoms with Crippen LogP contribution in [0.4, 0.5) is 10.1 Å². The molecule has 0 saturated heterocycles. The minimum absolute atomic E-state index is 0.000627. The summed E-state index contributed by atoms with van der Waals surface area (Å²) in [5, 5.41) is 16.9. The normalized spacial score (nSPS) is 11.2. The molecule has 162 valence electrons. The van der Waals surface area contributed by atoms with Crippen molar-refractivity contribution in [3.05, 3.63) is 79.6 Å². The van der Waals surface area contributed by atoms with Crippen molar-refractivity contribution in [2.24, 2.45) is 5.10 Å². The molecule has 0 bridgehead atoms. The van der Waals surface area contributed by atoms with E-state index in [1.807, 2.05) is 25.1 Å². The van der Waals surface area contributed by atoms with Gasteiger partial charge in [0.2, 0.25) is 5.13 Å². The monoisotopic (exact) mass is 530 g/mol. The first-order valence-corrected chi connectivity index (χ1v) is 11.8. The molecule has 0 aliphatic carbocycles. The Bertz CT molecular complexity index is 1320. The molecule has 0 saturated carbocycles. The lowest BCUT2D eigenvalue weighted by Crippen LogP contribution is -2.25. The largest absolute Gasteiger partial charge is 0.494 e. The second-order valence-corrected chi connectivity index (χ2v) is 9.38. The van der Waals surface area contributed by atoms with Gasteiger partial charge in [0.15, 0.2) is 0 Å². The number of fused-ring (bicyclic) bond motifs is 1. The molecule has 4 rings (SSSR count). The smallest absolute Gasteiger partial charge is 0.324 e. The summed E-state index contributed by atoms with van der Waals surface area (Å²) in [6.07, 6.45) is 1.42. The maximum atomic E-state index is 13.3. The summed E-state index contributed by atoms with van der Waals surface area (Å²) in [6.45, 7) is 2.41. The van der Waals surface area contributed by atoms with Crippen LogP contribution in [0.2, 0.25) is 0 Å². The van der Waals surface area contributed by atoms with E-state index in [0.29, 0.717) is 27.9 Å². The maximum Gasteiger partial charge on any atom is 0.324 e. The Morgan fingerprint density at radius 2 is 2.00 bits per heavy atom. The summed E-state index contributed by atoms with van der Waals surface area (Å²) < 4.78 is 7.23. The summed E-state index contributed by atoms with van der Waals surface area (Å²) >= 11 is 5.74. The number of thiophene rings is 1. The predicted molar refractivity (Wildman–Crippen MR) is 130 cm³/mol. The van der Waals surface area contributed by atoms with E-state index in [1.54, 1.807) is 30.3 Å². The fourth-order valence-electron chi connectivity index (χ4n) is 2.77. The Balaban J connectivity index is 1.71. The summed E-state index contributed by atoms with van der Waals surface area (Å²) in [4.78, 5) is 28.9. The molecule has 11 heteroatoms. The van der Waals surface area contributed by atoms with Crippen molar-refractivity contribution in [2.75, 3.05) is 11.6 Å². The zero-order valence-electron chi connectivity index (χ0n) is 16.6. The standard InChI is InChI=1S/C21H15BrN4O4S2/c1-2-30-15-6-3-13(4-7-15)20(27)25(23-12-16-8-10-19(31-16)26(28)29)21-24-17-9-5-14(22)11-18(17)32-21/h3-12H,2H2,1H3/b23-12+. The van der Waals surface area contributed by atoms with Gasteiger partial charge in [0.05, 0.1) is 32.8 Å². The highest BCUT2D eigenvalue weighted by atomic mass is 79.9. The van der Waals surface area contributed by atoms with Crippen LogP contribution in [0.3, 0.4) is 0 Å². The van der Waals surface area contributed by atoms with Gasteiger partial charge in [0, 0.05) is 16.1 Å². The molecule has 4 aromatic rings. The number of anilines is 1. The first kappa shape index (κ1) is 22.1. The van der Waals surface area contributed by atoms with Crippen LogP contribution in [0.25, 0.3) is 10.2 Å². The zero-order valence-corrected chi connectivity index (χ0v) is 19.8. The van der Waals surface area contributed by atoms with E-state index in [-0.39, 0.29) is 10.9 Å². The molecule has 0 spiro atoms. The van der Waals surface area contributed by atoms with Gasteiger partial charge in [-0.3, -0.25) is 14.9 Å². The molecule has 2 aromatic carbocycles. The van der Waals surface area contributed by atoms with Gasteiger partial charge in [0.1, 0.15) is 5.75 Å². The fourth-order valence-corrected chi connectivity index (χ4v) is 4.93. The van der Waals surface area contributed by atoms with E-state index in [0.717, 1.165) is 26.0 Å². The Hall–Kier alpha value is -3.15. The summed E-state index contributed by atoms with van der Waals surface area (Å²) in [6, 6.07) is 15.4. The number of ether oxygens (including phenoxy) is 1. The maximum absolute atomic E-state index is 13.3. The number of hydrogen-bond acceptors (Lipinski definition) is 8. The third kappa shape index (κ3) is 4.85. The molecule has 32 heavy (non-hydrogen) atoms. The molecule has 0 unspecified atom stereocenters. The summed E-state index contributed by atoms with van der Waals surface area (Å²) in [5.74, 6) is 0.281. The number of hydrazone groups is 1. The van der Waals surface area contributed by atoms with Crippen LogP contribution in [0, 0.1) is 10.1 Å². The van der Waals surface area contributed by atoms with Crippen LogP contribution in [-0.2, 0) is 0 Å². The number of thiazole rings is 1. The molecule has 0 aliphatic rings. The quantitative estimate of drug-likeness (QED) is 0.163. The van der Waals surface area contributed by atoms with Crippen molar-refractivity contribution < 1.29 is 14.5 Å². The Kier molecular flexibility index (Phi) is 6.58. The Morgan fingerprint density at radius 1 is 1.22 bits per heavy atom. The highest BCUT2D eigenvalue weighted by Gasteiger charge is 2.21. The van der Waals surface area contributed by atoms with E-state index in [9.17, 15) is 14.9 Å². The molecular weight excluding hydrogens is 516 g/mol. The van der Waals surface area contributed by atoms with Gasteiger partial charge < -0.3 is 4.74 Å². The second-order valence-electron chi connectivity index (χ2n) is 6.36. The van der Waals surface area contributed by atoms with Crippen LogP contribution < -0.4 is 9.75 Å². The molecule has 0 radical (unpaired) electrons. The number of amides is 1. The second kappa shape index (κ2) is 9.55. The molecule has 1 amide bonds. The lowest BCUT2D eigenvalue weighted by atomic mass is 10.2. The molecular formula is C21H15BrN4O4S2. The zero-order chi connectivity index (χ0) is 22.7. The topological polar surface area (TPSA) is 97.9 Å². The molecule has 0 fully saturated rings. The number of rotatable bonds is 7. The van der Waals surface area contributed by atoms with Crippen molar-refractivity contribution in [2.45, 2.75) is 6.92 Å². The van der Waals surface area contributed by atoms with Crippen molar-refractivity contribution in [1.82, 2.24) is 4.98 Å². The van der Waals surface area contributed by atoms with Gasteiger partial charge in [-0.05, 0) is 55.5 Å². The SMILES string of the molecule is CCOc1ccc(C(=O)N(/N=C/c2ccc([N+](=O)[O-])s2)c2nc3ccc(Br)cc3s2)cc1. The summed E-state index contributed by atoms with van der Waals surface area (Å²) in [7, 11) is 0.